The summed E-state index contributed by atoms with van der Waals surface area (Å²) in [5.41, 5.74) is 1.01. The monoisotopic (exact) mass is 315 g/mol. The Kier molecular flexibility index (Phi) is 6.48. The fourth-order valence-electron chi connectivity index (χ4n) is 2.23. The van der Waals surface area contributed by atoms with Gasteiger partial charge < -0.3 is 14.8 Å². The molecule has 1 aromatic carbocycles. The van der Waals surface area contributed by atoms with E-state index in [0.29, 0.717) is 17.9 Å². The maximum atomic E-state index is 11.8. The van der Waals surface area contributed by atoms with Crippen LogP contribution in [0, 0.1) is 0 Å². The molecule has 0 aliphatic carbocycles. The number of hydrogen-bond acceptors (Lipinski definition) is 5. The van der Waals surface area contributed by atoms with Gasteiger partial charge in [0.15, 0.2) is 21.3 Å². The Hall–Kier alpha value is -1.27. The highest BCUT2D eigenvalue weighted by Crippen LogP contribution is 2.28. The number of methoxy groups -OCH3 is 2. The van der Waals surface area contributed by atoms with Crippen LogP contribution in [0.5, 0.6) is 11.5 Å². The van der Waals surface area contributed by atoms with Gasteiger partial charge in [-0.3, -0.25) is 0 Å². The van der Waals surface area contributed by atoms with E-state index in [0.717, 1.165) is 12.1 Å². The summed E-state index contributed by atoms with van der Waals surface area (Å²) in [6.45, 7) is 4.43. The van der Waals surface area contributed by atoms with Gasteiger partial charge in [-0.05, 0) is 37.6 Å². The molecule has 0 saturated heterocycles. The first-order valence-corrected chi connectivity index (χ1v) is 8.92. The summed E-state index contributed by atoms with van der Waals surface area (Å²) >= 11 is 0. The molecule has 0 aromatic heterocycles. The summed E-state index contributed by atoms with van der Waals surface area (Å²) < 4.78 is 34.0. The Morgan fingerprint density at radius 3 is 2.29 bits per heavy atom. The van der Waals surface area contributed by atoms with Crippen molar-refractivity contribution in [1.82, 2.24) is 5.32 Å². The second-order valence-corrected chi connectivity index (χ2v) is 7.49. The Balaban J connectivity index is 2.99. The van der Waals surface area contributed by atoms with Crippen molar-refractivity contribution in [2.75, 3.05) is 27.0 Å². The zero-order valence-corrected chi connectivity index (χ0v) is 14.2. The number of benzene rings is 1. The van der Waals surface area contributed by atoms with Gasteiger partial charge in [-0.25, -0.2) is 8.42 Å². The first-order valence-electron chi connectivity index (χ1n) is 6.96. The van der Waals surface area contributed by atoms with Crippen molar-refractivity contribution < 1.29 is 17.9 Å². The minimum absolute atomic E-state index is 0.136. The van der Waals surface area contributed by atoms with Crippen LogP contribution < -0.4 is 14.8 Å². The molecular formula is C15H25NO4S. The smallest absolute Gasteiger partial charge is 0.160 e. The number of likely N-dealkylation sites (N-methyl/N-ethyl adjacent to an activating group) is 1. The molecule has 0 heterocycles. The van der Waals surface area contributed by atoms with Crippen LogP contribution in [0.15, 0.2) is 18.2 Å². The quantitative estimate of drug-likeness (QED) is 0.790. The molecule has 0 fully saturated rings. The van der Waals surface area contributed by atoms with Gasteiger partial charge in [0, 0.05) is 12.3 Å². The zero-order chi connectivity index (χ0) is 16.0. The molecular weight excluding hydrogens is 290 g/mol. The van der Waals surface area contributed by atoms with Crippen LogP contribution in [0.2, 0.25) is 0 Å². The molecule has 6 heteroatoms. The molecule has 0 aliphatic rings. The predicted molar refractivity (Wildman–Crippen MR) is 85.0 cm³/mol. The highest BCUT2D eigenvalue weighted by atomic mass is 32.2. The summed E-state index contributed by atoms with van der Waals surface area (Å²) in [4.78, 5) is 0. The molecule has 21 heavy (non-hydrogen) atoms. The Labute approximate surface area is 127 Å². The van der Waals surface area contributed by atoms with E-state index in [1.165, 1.54) is 6.26 Å². The average molecular weight is 315 g/mol. The van der Waals surface area contributed by atoms with E-state index in [9.17, 15) is 8.42 Å². The second kappa shape index (κ2) is 7.66. The Bertz CT molecular complexity index is 557. The fourth-order valence-corrected chi connectivity index (χ4v) is 3.02. The standard InChI is InChI=1S/C15H25NO4S/c1-6-16-13(11(2)21(5,17)18)9-12-7-8-14(19-3)15(10-12)20-4/h7-8,10-11,13,16H,6,9H2,1-5H3. The van der Waals surface area contributed by atoms with Crippen LogP contribution in [0.1, 0.15) is 19.4 Å². The van der Waals surface area contributed by atoms with Crippen molar-refractivity contribution >= 4 is 9.84 Å². The Morgan fingerprint density at radius 1 is 1.19 bits per heavy atom. The molecule has 0 bridgehead atoms. The lowest BCUT2D eigenvalue weighted by atomic mass is 10.0. The van der Waals surface area contributed by atoms with Gasteiger partial charge in [-0.2, -0.15) is 0 Å². The van der Waals surface area contributed by atoms with Crippen LogP contribution in [-0.4, -0.2) is 46.7 Å². The SMILES string of the molecule is CCNC(Cc1ccc(OC)c(OC)c1)C(C)S(C)(=O)=O. The largest absolute Gasteiger partial charge is 0.493 e. The molecule has 0 spiro atoms. The van der Waals surface area contributed by atoms with E-state index in [1.54, 1.807) is 21.1 Å². The first-order chi connectivity index (χ1) is 9.83. The Morgan fingerprint density at radius 2 is 1.81 bits per heavy atom. The molecule has 2 unspecified atom stereocenters. The topological polar surface area (TPSA) is 64.6 Å². The summed E-state index contributed by atoms with van der Waals surface area (Å²) in [6, 6.07) is 5.52. The maximum Gasteiger partial charge on any atom is 0.160 e. The van der Waals surface area contributed by atoms with E-state index >= 15 is 0 Å². The number of nitrogens with one attached hydrogen (secondary N) is 1. The lowest BCUT2D eigenvalue weighted by Gasteiger charge is -2.24. The maximum absolute atomic E-state index is 11.8. The normalized spacial score (nSPS) is 14.5. The van der Waals surface area contributed by atoms with Gasteiger partial charge in [0.1, 0.15) is 0 Å². The number of hydrogen-bond donors (Lipinski definition) is 1. The van der Waals surface area contributed by atoms with E-state index in [1.807, 2.05) is 25.1 Å². The third kappa shape index (κ3) is 4.89. The average Bonchev–Trinajstić information content (AvgIpc) is 2.44. The number of sulfone groups is 1. The highest BCUT2D eigenvalue weighted by Gasteiger charge is 2.25. The van der Waals surface area contributed by atoms with E-state index < -0.39 is 15.1 Å². The molecule has 0 amide bonds. The summed E-state index contributed by atoms with van der Waals surface area (Å²) in [5.74, 6) is 1.31. The number of rotatable bonds is 8. The van der Waals surface area contributed by atoms with Crippen molar-refractivity contribution in [3.63, 3.8) is 0 Å². The molecule has 0 aliphatic heterocycles. The molecule has 1 rings (SSSR count). The van der Waals surface area contributed by atoms with Gasteiger partial charge in [-0.1, -0.05) is 13.0 Å². The van der Waals surface area contributed by atoms with Gasteiger partial charge in [0.25, 0.3) is 0 Å². The first kappa shape index (κ1) is 17.8. The zero-order valence-electron chi connectivity index (χ0n) is 13.3. The minimum Gasteiger partial charge on any atom is -0.493 e. The minimum atomic E-state index is -3.09. The van der Waals surface area contributed by atoms with Crippen LogP contribution in [0.25, 0.3) is 0 Å². The van der Waals surface area contributed by atoms with Gasteiger partial charge in [-0.15, -0.1) is 0 Å². The van der Waals surface area contributed by atoms with Crippen molar-refractivity contribution in [3.05, 3.63) is 23.8 Å². The summed E-state index contributed by atoms with van der Waals surface area (Å²) in [7, 11) is 0.0826. The molecule has 0 saturated carbocycles. The molecule has 0 radical (unpaired) electrons. The van der Waals surface area contributed by atoms with Crippen molar-refractivity contribution in [2.24, 2.45) is 0 Å². The van der Waals surface area contributed by atoms with Gasteiger partial charge in [0.2, 0.25) is 0 Å². The van der Waals surface area contributed by atoms with Crippen LogP contribution in [0.3, 0.4) is 0 Å². The molecule has 1 aromatic rings. The predicted octanol–water partition coefficient (Wildman–Crippen LogP) is 1.66. The lowest BCUT2D eigenvalue weighted by molar-refractivity contribution is 0.354. The van der Waals surface area contributed by atoms with E-state index in [2.05, 4.69) is 5.32 Å². The molecule has 120 valence electrons. The fraction of sp³-hybridized carbons (Fsp3) is 0.600. The van der Waals surface area contributed by atoms with E-state index in [4.69, 9.17) is 9.47 Å². The molecule has 5 nitrogen and oxygen atoms in total. The van der Waals surface area contributed by atoms with Crippen LogP contribution in [0.4, 0.5) is 0 Å². The van der Waals surface area contributed by atoms with Gasteiger partial charge in [0.05, 0.1) is 19.5 Å². The molecule has 1 N–H and O–H groups in total. The number of ether oxygens (including phenoxy) is 2. The third-order valence-electron chi connectivity index (χ3n) is 3.61. The van der Waals surface area contributed by atoms with Crippen LogP contribution >= 0.6 is 0 Å². The van der Waals surface area contributed by atoms with Crippen molar-refractivity contribution in [2.45, 2.75) is 31.6 Å². The third-order valence-corrected chi connectivity index (χ3v) is 5.29. The van der Waals surface area contributed by atoms with Gasteiger partial charge >= 0.3 is 0 Å². The van der Waals surface area contributed by atoms with Crippen molar-refractivity contribution in [1.29, 1.82) is 0 Å². The highest BCUT2D eigenvalue weighted by molar-refractivity contribution is 7.91. The lowest BCUT2D eigenvalue weighted by Crippen LogP contribution is -2.43. The summed E-state index contributed by atoms with van der Waals surface area (Å²) in [5, 5.41) is 2.80. The van der Waals surface area contributed by atoms with Crippen molar-refractivity contribution in [3.8, 4) is 11.5 Å². The van der Waals surface area contributed by atoms with Crippen LogP contribution in [-0.2, 0) is 16.3 Å². The second-order valence-electron chi connectivity index (χ2n) is 5.09. The summed E-state index contributed by atoms with van der Waals surface area (Å²) in [6.07, 6.45) is 1.89. The molecule has 2 atom stereocenters. The van der Waals surface area contributed by atoms with E-state index in [-0.39, 0.29) is 6.04 Å².